The minimum absolute atomic E-state index is 0.950. The smallest absolute Gasteiger partial charge is 0.0597 e. The number of alkyl halides is 1. The van der Waals surface area contributed by atoms with Crippen LogP contribution in [0.5, 0.6) is 0 Å². The lowest BCUT2D eigenvalue weighted by atomic mass is 10.3. The normalized spacial score (nSPS) is 11.2. The Morgan fingerprint density at radius 2 is 2.29 bits per heavy atom. The van der Waals surface area contributed by atoms with Crippen LogP contribution in [-0.4, -0.2) is 33.6 Å². The first-order chi connectivity index (χ1) is 6.67. The van der Waals surface area contributed by atoms with E-state index in [0.717, 1.165) is 30.7 Å². The molecule has 0 saturated carbocycles. The molecule has 80 valence electrons. The minimum atomic E-state index is 0.950. The molecule has 14 heavy (non-hydrogen) atoms. The van der Waals surface area contributed by atoms with E-state index in [1.807, 2.05) is 6.92 Å². The number of rotatable bonds is 5. The molecule has 1 rings (SSSR count). The Kier molecular flexibility index (Phi) is 4.62. The first-order valence-corrected chi connectivity index (χ1v) is 6.07. The van der Waals surface area contributed by atoms with E-state index in [4.69, 9.17) is 0 Å². The second kappa shape index (κ2) is 5.51. The average molecular weight is 260 g/mol. The van der Waals surface area contributed by atoms with Gasteiger partial charge in [0.25, 0.3) is 0 Å². The van der Waals surface area contributed by atoms with E-state index in [9.17, 15) is 0 Å². The first-order valence-electron chi connectivity index (χ1n) is 4.95. The molecule has 0 aliphatic carbocycles. The van der Waals surface area contributed by atoms with E-state index in [1.54, 1.807) is 0 Å². The van der Waals surface area contributed by atoms with Crippen molar-refractivity contribution in [2.75, 3.05) is 18.9 Å². The monoisotopic (exact) mass is 259 g/mol. The summed E-state index contributed by atoms with van der Waals surface area (Å²) in [5.74, 6) is 0. The molecule has 0 fully saturated rings. The summed E-state index contributed by atoms with van der Waals surface area (Å²) in [5.41, 5.74) is 2.41. The van der Waals surface area contributed by atoms with Crippen molar-refractivity contribution in [1.29, 1.82) is 0 Å². The molecular formula is C10H18BrN3. The molecule has 0 bridgehead atoms. The second-order valence-electron chi connectivity index (χ2n) is 3.52. The highest BCUT2D eigenvalue weighted by molar-refractivity contribution is 9.09. The SMILES string of the molecule is CCn1nc(C)cc1CN(C)CCBr. The van der Waals surface area contributed by atoms with Crippen LogP contribution in [0, 0.1) is 6.92 Å². The summed E-state index contributed by atoms with van der Waals surface area (Å²) in [4.78, 5) is 2.29. The highest BCUT2D eigenvalue weighted by atomic mass is 79.9. The highest BCUT2D eigenvalue weighted by Gasteiger charge is 2.06. The van der Waals surface area contributed by atoms with E-state index in [2.05, 4.69) is 50.6 Å². The van der Waals surface area contributed by atoms with Crippen LogP contribution in [0.25, 0.3) is 0 Å². The molecule has 0 spiro atoms. The molecule has 1 aromatic rings. The van der Waals surface area contributed by atoms with Crippen LogP contribution in [0.15, 0.2) is 6.07 Å². The molecule has 0 aliphatic rings. The maximum Gasteiger partial charge on any atom is 0.0597 e. The molecule has 0 aliphatic heterocycles. The van der Waals surface area contributed by atoms with Gasteiger partial charge in [0, 0.05) is 25.0 Å². The average Bonchev–Trinajstić information content (AvgIpc) is 2.46. The van der Waals surface area contributed by atoms with Crippen LogP contribution in [0.1, 0.15) is 18.3 Å². The van der Waals surface area contributed by atoms with E-state index in [-0.39, 0.29) is 0 Å². The standard InChI is InChI=1S/C10H18BrN3/c1-4-14-10(7-9(2)12-14)8-13(3)6-5-11/h7H,4-6,8H2,1-3H3. The first kappa shape index (κ1) is 11.7. The van der Waals surface area contributed by atoms with Crippen molar-refractivity contribution in [2.45, 2.75) is 26.9 Å². The number of halogens is 1. The molecule has 3 nitrogen and oxygen atoms in total. The fourth-order valence-corrected chi connectivity index (χ4v) is 2.11. The molecule has 0 unspecified atom stereocenters. The molecule has 0 atom stereocenters. The van der Waals surface area contributed by atoms with Gasteiger partial charge < -0.3 is 0 Å². The fraction of sp³-hybridized carbons (Fsp3) is 0.700. The van der Waals surface area contributed by atoms with E-state index in [0.29, 0.717) is 0 Å². The lowest BCUT2D eigenvalue weighted by Gasteiger charge is -2.15. The molecule has 0 amide bonds. The Hall–Kier alpha value is -0.350. The summed E-state index contributed by atoms with van der Waals surface area (Å²) in [6.45, 7) is 7.15. The number of nitrogens with zero attached hydrogens (tertiary/aromatic N) is 3. The van der Waals surface area contributed by atoms with Gasteiger partial charge in [-0.05, 0) is 27.0 Å². The Bertz CT molecular complexity index is 283. The topological polar surface area (TPSA) is 21.1 Å². The molecule has 1 aromatic heterocycles. The van der Waals surface area contributed by atoms with Gasteiger partial charge in [-0.1, -0.05) is 15.9 Å². The van der Waals surface area contributed by atoms with Crippen molar-refractivity contribution in [1.82, 2.24) is 14.7 Å². The number of aryl methyl sites for hydroxylation is 2. The molecule has 4 heteroatoms. The lowest BCUT2D eigenvalue weighted by molar-refractivity contribution is 0.336. The van der Waals surface area contributed by atoms with Gasteiger partial charge in [-0.3, -0.25) is 9.58 Å². The third kappa shape index (κ3) is 3.10. The molecule has 1 heterocycles. The van der Waals surface area contributed by atoms with Gasteiger partial charge in [-0.25, -0.2) is 0 Å². The maximum atomic E-state index is 4.42. The highest BCUT2D eigenvalue weighted by Crippen LogP contribution is 2.06. The second-order valence-corrected chi connectivity index (χ2v) is 4.31. The molecule has 0 radical (unpaired) electrons. The number of hydrogen-bond acceptors (Lipinski definition) is 2. The third-order valence-electron chi connectivity index (χ3n) is 2.18. The zero-order chi connectivity index (χ0) is 10.6. The molecule has 0 N–H and O–H groups in total. The van der Waals surface area contributed by atoms with Crippen molar-refractivity contribution in [3.8, 4) is 0 Å². The van der Waals surface area contributed by atoms with Crippen LogP contribution < -0.4 is 0 Å². The fourth-order valence-electron chi connectivity index (χ4n) is 1.50. The van der Waals surface area contributed by atoms with E-state index in [1.165, 1.54) is 5.69 Å². The van der Waals surface area contributed by atoms with Crippen molar-refractivity contribution in [3.05, 3.63) is 17.5 Å². The largest absolute Gasteiger partial charge is 0.300 e. The maximum absolute atomic E-state index is 4.42. The molecular weight excluding hydrogens is 242 g/mol. The summed E-state index contributed by atoms with van der Waals surface area (Å²) in [6.07, 6.45) is 0. The van der Waals surface area contributed by atoms with Gasteiger partial charge >= 0.3 is 0 Å². The number of aromatic nitrogens is 2. The van der Waals surface area contributed by atoms with E-state index >= 15 is 0 Å². The van der Waals surface area contributed by atoms with Crippen LogP contribution in [0.2, 0.25) is 0 Å². The van der Waals surface area contributed by atoms with Gasteiger partial charge in [-0.15, -0.1) is 0 Å². The predicted molar refractivity (Wildman–Crippen MR) is 62.8 cm³/mol. The number of hydrogen-bond donors (Lipinski definition) is 0. The lowest BCUT2D eigenvalue weighted by Crippen LogP contribution is -2.21. The van der Waals surface area contributed by atoms with Gasteiger partial charge in [0.2, 0.25) is 0 Å². The van der Waals surface area contributed by atoms with Gasteiger partial charge in [0.15, 0.2) is 0 Å². The summed E-state index contributed by atoms with van der Waals surface area (Å²) in [7, 11) is 2.13. The van der Waals surface area contributed by atoms with Crippen molar-refractivity contribution in [2.24, 2.45) is 0 Å². The van der Waals surface area contributed by atoms with Gasteiger partial charge in [0.05, 0.1) is 11.4 Å². The third-order valence-corrected chi connectivity index (χ3v) is 2.54. The summed E-state index contributed by atoms with van der Waals surface area (Å²) >= 11 is 3.44. The Balaban J connectivity index is 2.65. The van der Waals surface area contributed by atoms with Gasteiger partial charge in [-0.2, -0.15) is 5.10 Å². The van der Waals surface area contributed by atoms with Crippen molar-refractivity contribution in [3.63, 3.8) is 0 Å². The summed E-state index contributed by atoms with van der Waals surface area (Å²) in [5, 5.41) is 5.44. The van der Waals surface area contributed by atoms with Crippen LogP contribution >= 0.6 is 15.9 Å². The zero-order valence-electron chi connectivity index (χ0n) is 9.13. The Morgan fingerprint density at radius 1 is 1.57 bits per heavy atom. The molecule has 0 saturated heterocycles. The van der Waals surface area contributed by atoms with Crippen LogP contribution in [0.3, 0.4) is 0 Å². The zero-order valence-corrected chi connectivity index (χ0v) is 10.7. The van der Waals surface area contributed by atoms with Crippen LogP contribution in [0.4, 0.5) is 0 Å². The summed E-state index contributed by atoms with van der Waals surface area (Å²) < 4.78 is 2.07. The van der Waals surface area contributed by atoms with Crippen LogP contribution in [-0.2, 0) is 13.1 Å². The quantitative estimate of drug-likeness (QED) is 0.755. The molecule has 0 aromatic carbocycles. The van der Waals surface area contributed by atoms with E-state index < -0.39 is 0 Å². The van der Waals surface area contributed by atoms with Gasteiger partial charge in [0.1, 0.15) is 0 Å². The Morgan fingerprint density at radius 3 is 2.86 bits per heavy atom. The Labute approximate surface area is 94.2 Å². The summed E-state index contributed by atoms with van der Waals surface area (Å²) in [6, 6.07) is 2.16. The van der Waals surface area contributed by atoms with Crippen molar-refractivity contribution >= 4 is 15.9 Å². The van der Waals surface area contributed by atoms with Crippen molar-refractivity contribution < 1.29 is 0 Å². The predicted octanol–water partition coefficient (Wildman–Crippen LogP) is 2.04. The minimum Gasteiger partial charge on any atom is -0.300 e.